The Balaban J connectivity index is 2.08. The Morgan fingerprint density at radius 3 is 2.95 bits per heavy atom. The summed E-state index contributed by atoms with van der Waals surface area (Å²) in [4.78, 5) is 0. The van der Waals surface area contributed by atoms with Crippen LogP contribution in [0.4, 0.5) is 0 Å². The predicted molar refractivity (Wildman–Crippen MR) is 78.8 cm³/mol. The van der Waals surface area contributed by atoms with Crippen molar-refractivity contribution in [3.63, 3.8) is 0 Å². The monoisotopic (exact) mass is 255 g/mol. The largest absolute Gasteiger partial charge is 0.347 e. The predicted octanol–water partition coefficient (Wildman–Crippen LogP) is 3.44. The summed E-state index contributed by atoms with van der Waals surface area (Å²) in [5.74, 6) is 0. The summed E-state index contributed by atoms with van der Waals surface area (Å²) in [6, 6.07) is 11.0. The van der Waals surface area contributed by atoms with Crippen LogP contribution in [0.15, 0.2) is 30.5 Å². The van der Waals surface area contributed by atoms with E-state index in [9.17, 15) is 0 Å². The second-order valence-electron chi connectivity index (χ2n) is 4.80. The lowest BCUT2D eigenvalue weighted by Crippen LogP contribution is -2.11. The third kappa shape index (κ3) is 3.59. The van der Waals surface area contributed by atoms with E-state index in [1.807, 2.05) is 0 Å². The van der Waals surface area contributed by atoms with Crippen molar-refractivity contribution in [2.75, 3.05) is 6.54 Å². The molecule has 0 bridgehead atoms. The van der Waals surface area contributed by atoms with E-state index in [0.29, 0.717) is 6.42 Å². The second-order valence-corrected chi connectivity index (χ2v) is 4.80. The molecule has 0 saturated heterocycles. The number of nitrogens with one attached hydrogen (secondary N) is 1. The van der Waals surface area contributed by atoms with Gasteiger partial charge >= 0.3 is 0 Å². The van der Waals surface area contributed by atoms with E-state index in [1.165, 1.54) is 16.5 Å². The van der Waals surface area contributed by atoms with Gasteiger partial charge in [0.15, 0.2) is 0 Å². The van der Waals surface area contributed by atoms with Crippen molar-refractivity contribution in [2.45, 2.75) is 39.3 Å². The van der Waals surface area contributed by atoms with Crippen molar-refractivity contribution in [1.29, 1.82) is 5.26 Å². The van der Waals surface area contributed by atoms with E-state index in [2.05, 4.69) is 53.3 Å². The summed E-state index contributed by atoms with van der Waals surface area (Å²) < 4.78 is 2.29. The van der Waals surface area contributed by atoms with Gasteiger partial charge in [-0.2, -0.15) is 5.26 Å². The van der Waals surface area contributed by atoms with Gasteiger partial charge in [0.25, 0.3) is 0 Å². The highest BCUT2D eigenvalue weighted by Crippen LogP contribution is 2.18. The number of aromatic nitrogens is 1. The minimum absolute atomic E-state index is 0.658. The van der Waals surface area contributed by atoms with Crippen molar-refractivity contribution >= 4 is 10.9 Å². The van der Waals surface area contributed by atoms with Crippen LogP contribution >= 0.6 is 0 Å². The summed E-state index contributed by atoms with van der Waals surface area (Å²) >= 11 is 0. The maximum absolute atomic E-state index is 8.55. The lowest BCUT2D eigenvalue weighted by Gasteiger charge is -2.07. The van der Waals surface area contributed by atoms with Crippen LogP contribution in [0.3, 0.4) is 0 Å². The molecule has 19 heavy (non-hydrogen) atoms. The third-order valence-corrected chi connectivity index (χ3v) is 3.36. The standard InChI is InChI=1S/C16H21N3/c1-2-18-13-14-6-7-15-8-11-19(16(15)12-14)10-5-3-4-9-17/h6-8,11-12,18H,2-5,10,13H2,1H3. The number of benzene rings is 1. The molecule has 1 heterocycles. The van der Waals surface area contributed by atoms with Crippen molar-refractivity contribution < 1.29 is 0 Å². The number of nitrogens with zero attached hydrogens (tertiary/aromatic N) is 2. The molecule has 0 atom stereocenters. The van der Waals surface area contributed by atoms with Crippen molar-refractivity contribution in [3.8, 4) is 6.07 Å². The fourth-order valence-electron chi connectivity index (χ4n) is 2.29. The first-order chi connectivity index (χ1) is 9.35. The molecule has 100 valence electrons. The van der Waals surface area contributed by atoms with Crippen LogP contribution in [0.1, 0.15) is 31.7 Å². The fraction of sp³-hybridized carbons (Fsp3) is 0.438. The fourth-order valence-corrected chi connectivity index (χ4v) is 2.29. The van der Waals surface area contributed by atoms with Gasteiger partial charge in [-0.1, -0.05) is 19.1 Å². The van der Waals surface area contributed by atoms with Crippen LogP contribution in [0.25, 0.3) is 10.9 Å². The summed E-state index contributed by atoms with van der Waals surface area (Å²) in [6.07, 6.45) is 4.85. The van der Waals surface area contributed by atoms with Crippen molar-refractivity contribution in [1.82, 2.24) is 9.88 Å². The van der Waals surface area contributed by atoms with Gasteiger partial charge in [0.05, 0.1) is 6.07 Å². The zero-order valence-corrected chi connectivity index (χ0v) is 11.5. The quantitative estimate of drug-likeness (QED) is 0.770. The van der Waals surface area contributed by atoms with Gasteiger partial charge in [-0.25, -0.2) is 0 Å². The second kappa shape index (κ2) is 6.96. The molecule has 0 amide bonds. The molecule has 0 unspecified atom stereocenters. The van der Waals surface area contributed by atoms with Crippen LogP contribution in [0, 0.1) is 11.3 Å². The van der Waals surface area contributed by atoms with Gasteiger partial charge in [-0.05, 0) is 42.5 Å². The van der Waals surface area contributed by atoms with E-state index in [0.717, 1.165) is 32.5 Å². The molecule has 0 aliphatic rings. The first kappa shape index (κ1) is 13.6. The number of hydrogen-bond acceptors (Lipinski definition) is 2. The number of unbranched alkanes of at least 4 members (excludes halogenated alkanes) is 2. The minimum atomic E-state index is 0.658. The molecule has 0 fully saturated rings. The maximum atomic E-state index is 8.55. The number of fused-ring (bicyclic) bond motifs is 1. The molecular formula is C16H21N3. The summed E-state index contributed by atoms with van der Waals surface area (Å²) in [5, 5.41) is 13.2. The van der Waals surface area contributed by atoms with Crippen LogP contribution in [0.2, 0.25) is 0 Å². The Hall–Kier alpha value is -1.79. The highest BCUT2D eigenvalue weighted by Gasteiger charge is 2.02. The molecule has 1 aromatic carbocycles. The number of aryl methyl sites for hydroxylation is 1. The van der Waals surface area contributed by atoms with Crippen LogP contribution in [-0.2, 0) is 13.1 Å². The Labute approximate surface area is 114 Å². The lowest BCUT2D eigenvalue weighted by molar-refractivity contribution is 0.632. The summed E-state index contributed by atoms with van der Waals surface area (Å²) in [6.45, 7) is 5.03. The molecule has 0 aliphatic carbocycles. The first-order valence-corrected chi connectivity index (χ1v) is 7.00. The van der Waals surface area contributed by atoms with Gasteiger partial charge in [0.2, 0.25) is 0 Å². The topological polar surface area (TPSA) is 40.8 Å². The minimum Gasteiger partial charge on any atom is -0.347 e. The van der Waals surface area contributed by atoms with Crippen molar-refractivity contribution in [2.24, 2.45) is 0 Å². The van der Waals surface area contributed by atoms with E-state index < -0.39 is 0 Å². The van der Waals surface area contributed by atoms with E-state index in [-0.39, 0.29) is 0 Å². The van der Waals surface area contributed by atoms with Crippen molar-refractivity contribution in [3.05, 3.63) is 36.0 Å². The maximum Gasteiger partial charge on any atom is 0.0621 e. The lowest BCUT2D eigenvalue weighted by atomic mass is 10.1. The Morgan fingerprint density at radius 2 is 2.16 bits per heavy atom. The molecule has 2 aromatic rings. The van der Waals surface area contributed by atoms with Gasteiger partial charge in [0, 0.05) is 31.2 Å². The van der Waals surface area contributed by atoms with Gasteiger partial charge in [-0.3, -0.25) is 0 Å². The smallest absolute Gasteiger partial charge is 0.0621 e. The van der Waals surface area contributed by atoms with Crippen LogP contribution in [0.5, 0.6) is 0 Å². The zero-order valence-electron chi connectivity index (χ0n) is 11.5. The van der Waals surface area contributed by atoms with Gasteiger partial charge < -0.3 is 9.88 Å². The van der Waals surface area contributed by atoms with E-state index >= 15 is 0 Å². The zero-order chi connectivity index (χ0) is 13.5. The Bertz CT molecular complexity index is 563. The molecule has 1 N–H and O–H groups in total. The number of nitriles is 1. The number of hydrogen-bond donors (Lipinski definition) is 1. The Morgan fingerprint density at radius 1 is 1.26 bits per heavy atom. The third-order valence-electron chi connectivity index (χ3n) is 3.36. The molecule has 1 aromatic heterocycles. The first-order valence-electron chi connectivity index (χ1n) is 7.00. The molecule has 3 heteroatoms. The Kier molecular flexibility index (Phi) is 5.00. The average Bonchev–Trinajstić information content (AvgIpc) is 2.84. The highest BCUT2D eigenvalue weighted by molar-refractivity contribution is 5.80. The SMILES string of the molecule is CCNCc1ccc2ccn(CCCCC#N)c2c1. The molecule has 0 radical (unpaired) electrons. The normalized spacial score (nSPS) is 10.7. The average molecular weight is 255 g/mol. The molecule has 0 saturated carbocycles. The van der Waals surface area contributed by atoms with Gasteiger partial charge in [0.1, 0.15) is 0 Å². The van der Waals surface area contributed by atoms with Crippen LogP contribution in [-0.4, -0.2) is 11.1 Å². The summed E-state index contributed by atoms with van der Waals surface area (Å²) in [7, 11) is 0. The molecule has 0 spiro atoms. The van der Waals surface area contributed by atoms with E-state index in [4.69, 9.17) is 5.26 Å². The van der Waals surface area contributed by atoms with Gasteiger partial charge in [-0.15, -0.1) is 0 Å². The highest BCUT2D eigenvalue weighted by atomic mass is 14.9. The number of rotatable bonds is 7. The van der Waals surface area contributed by atoms with E-state index in [1.54, 1.807) is 0 Å². The molecule has 3 nitrogen and oxygen atoms in total. The molecular weight excluding hydrogens is 234 g/mol. The molecule has 0 aliphatic heterocycles. The molecule has 2 rings (SSSR count). The van der Waals surface area contributed by atoms with Crippen LogP contribution < -0.4 is 5.32 Å². The summed E-state index contributed by atoms with van der Waals surface area (Å²) in [5.41, 5.74) is 2.62.